The number of methoxy groups -OCH3 is 1. The van der Waals surface area contributed by atoms with Crippen molar-refractivity contribution in [3.8, 4) is 0 Å². The molecule has 2 aliphatic carbocycles. The fourth-order valence-corrected chi connectivity index (χ4v) is 5.26. The molecule has 3 fully saturated rings. The second-order valence-electron chi connectivity index (χ2n) is 8.22. The SMILES string of the molecule is C=C1C(=O)O[C@@H]2C[C@@H](C)[C@@H]3[C@H](OC)CC(=O)[C@@]3(C)[C@@H](OC(=O)/C(C)=C\C)[C@@H]12. The number of Topliss-reactive ketones (excluding diaryl/α,β-unsaturated/α-hetero) is 1. The Balaban J connectivity index is 2.12. The summed E-state index contributed by atoms with van der Waals surface area (Å²) in [5.74, 6) is -1.56. The van der Waals surface area contributed by atoms with Crippen LogP contribution in [-0.4, -0.2) is 43.1 Å². The van der Waals surface area contributed by atoms with Crippen LogP contribution in [0.2, 0.25) is 0 Å². The van der Waals surface area contributed by atoms with Gasteiger partial charge in [-0.05, 0) is 33.1 Å². The standard InChI is InChI=1S/C21H28O6/c1-7-10(2)19(23)27-18-16-12(4)20(24)26-13(16)8-11(3)17-14(25-6)9-15(22)21(17,18)5/h7,11,13-14,16-18H,4,8-9H2,1-3,5-6H3/b10-7-/t11-,13-,14-,16+,17-,18+,21-/m1/s1. The third-order valence-electron chi connectivity index (χ3n) is 6.83. The van der Waals surface area contributed by atoms with Gasteiger partial charge < -0.3 is 14.2 Å². The van der Waals surface area contributed by atoms with Gasteiger partial charge in [0.05, 0.1) is 17.4 Å². The number of esters is 2. The highest BCUT2D eigenvalue weighted by atomic mass is 16.6. The molecule has 2 saturated carbocycles. The molecule has 1 aliphatic heterocycles. The number of carbonyl (C=O) groups excluding carboxylic acids is 3. The largest absolute Gasteiger partial charge is 0.458 e. The van der Waals surface area contributed by atoms with Crippen molar-refractivity contribution >= 4 is 17.7 Å². The summed E-state index contributed by atoms with van der Waals surface area (Å²) in [6.45, 7) is 11.2. The van der Waals surface area contributed by atoms with Gasteiger partial charge in [0.25, 0.3) is 0 Å². The van der Waals surface area contributed by atoms with E-state index in [1.54, 1.807) is 27.0 Å². The lowest BCUT2D eigenvalue weighted by molar-refractivity contribution is -0.162. The van der Waals surface area contributed by atoms with Crippen LogP contribution in [0, 0.1) is 23.2 Å². The van der Waals surface area contributed by atoms with Gasteiger partial charge in [-0.25, -0.2) is 9.59 Å². The Morgan fingerprint density at radius 1 is 1.37 bits per heavy atom. The monoisotopic (exact) mass is 376 g/mol. The van der Waals surface area contributed by atoms with Crippen molar-refractivity contribution in [2.75, 3.05) is 7.11 Å². The highest BCUT2D eigenvalue weighted by Crippen LogP contribution is 2.57. The predicted octanol–water partition coefficient (Wildman–Crippen LogP) is 2.61. The minimum absolute atomic E-state index is 0.00469. The van der Waals surface area contributed by atoms with Crippen LogP contribution >= 0.6 is 0 Å². The molecule has 0 aromatic carbocycles. The highest BCUT2D eigenvalue weighted by molar-refractivity contribution is 5.94. The summed E-state index contributed by atoms with van der Waals surface area (Å²) in [6, 6.07) is 0. The van der Waals surface area contributed by atoms with E-state index in [0.717, 1.165) is 0 Å². The first-order valence-corrected chi connectivity index (χ1v) is 9.46. The van der Waals surface area contributed by atoms with Gasteiger partial charge in [0, 0.05) is 30.6 Å². The molecule has 0 radical (unpaired) electrons. The van der Waals surface area contributed by atoms with Gasteiger partial charge >= 0.3 is 11.9 Å². The smallest absolute Gasteiger partial charge is 0.334 e. The molecule has 3 rings (SSSR count). The van der Waals surface area contributed by atoms with Crippen LogP contribution in [-0.2, 0) is 28.6 Å². The molecule has 0 N–H and O–H groups in total. The lowest BCUT2D eigenvalue weighted by atomic mass is 9.67. The molecular weight excluding hydrogens is 348 g/mol. The minimum Gasteiger partial charge on any atom is -0.458 e. The minimum atomic E-state index is -0.958. The maximum atomic E-state index is 13.2. The van der Waals surface area contributed by atoms with Crippen molar-refractivity contribution in [3.63, 3.8) is 0 Å². The quantitative estimate of drug-likeness (QED) is 0.556. The second-order valence-corrected chi connectivity index (χ2v) is 8.22. The molecule has 148 valence electrons. The molecule has 1 saturated heterocycles. The van der Waals surface area contributed by atoms with E-state index in [-0.39, 0.29) is 35.7 Å². The molecule has 3 aliphatic rings. The molecule has 6 heteroatoms. The van der Waals surface area contributed by atoms with Crippen molar-refractivity contribution in [1.29, 1.82) is 0 Å². The Morgan fingerprint density at radius 3 is 2.63 bits per heavy atom. The van der Waals surface area contributed by atoms with Crippen LogP contribution in [0.5, 0.6) is 0 Å². The third kappa shape index (κ3) is 2.85. The normalized spacial score (nSPS) is 41.7. The Morgan fingerprint density at radius 2 is 2.04 bits per heavy atom. The first-order valence-electron chi connectivity index (χ1n) is 9.46. The second kappa shape index (κ2) is 6.89. The van der Waals surface area contributed by atoms with E-state index in [2.05, 4.69) is 6.58 Å². The number of carbonyl (C=O) groups is 3. The maximum Gasteiger partial charge on any atom is 0.334 e. The van der Waals surface area contributed by atoms with Crippen molar-refractivity contribution in [3.05, 3.63) is 23.8 Å². The van der Waals surface area contributed by atoms with Gasteiger partial charge in [0.15, 0.2) is 0 Å². The lowest BCUT2D eigenvalue weighted by Crippen LogP contribution is -2.50. The Labute approximate surface area is 159 Å². The van der Waals surface area contributed by atoms with Crippen LogP contribution in [0.25, 0.3) is 0 Å². The van der Waals surface area contributed by atoms with Gasteiger partial charge in [-0.1, -0.05) is 19.6 Å². The summed E-state index contributed by atoms with van der Waals surface area (Å²) in [5, 5.41) is 0. The zero-order valence-electron chi connectivity index (χ0n) is 16.6. The van der Waals surface area contributed by atoms with Crippen molar-refractivity contribution in [1.82, 2.24) is 0 Å². The Hall–Kier alpha value is -1.95. The van der Waals surface area contributed by atoms with Crippen LogP contribution in [0.4, 0.5) is 0 Å². The molecule has 0 amide bonds. The molecular formula is C21H28O6. The molecule has 7 atom stereocenters. The van der Waals surface area contributed by atoms with Gasteiger partial charge in [0.1, 0.15) is 18.0 Å². The fourth-order valence-electron chi connectivity index (χ4n) is 5.26. The number of allylic oxidation sites excluding steroid dienone is 1. The van der Waals surface area contributed by atoms with Crippen molar-refractivity contribution in [2.45, 2.75) is 58.8 Å². The highest BCUT2D eigenvalue weighted by Gasteiger charge is 2.66. The average molecular weight is 376 g/mol. The van der Waals surface area contributed by atoms with Gasteiger partial charge in [-0.3, -0.25) is 4.79 Å². The van der Waals surface area contributed by atoms with E-state index in [1.165, 1.54) is 0 Å². The summed E-state index contributed by atoms with van der Waals surface area (Å²) >= 11 is 0. The molecule has 6 nitrogen and oxygen atoms in total. The molecule has 1 heterocycles. The molecule has 27 heavy (non-hydrogen) atoms. The molecule has 0 unspecified atom stereocenters. The molecule has 0 spiro atoms. The fraction of sp³-hybridized carbons (Fsp3) is 0.667. The zero-order chi connectivity index (χ0) is 20.1. The lowest BCUT2D eigenvalue weighted by Gasteiger charge is -2.40. The van der Waals surface area contributed by atoms with Crippen LogP contribution in [0.1, 0.15) is 40.5 Å². The van der Waals surface area contributed by atoms with E-state index in [9.17, 15) is 14.4 Å². The van der Waals surface area contributed by atoms with Crippen LogP contribution < -0.4 is 0 Å². The van der Waals surface area contributed by atoms with Crippen molar-refractivity contribution in [2.24, 2.45) is 23.2 Å². The number of rotatable bonds is 3. The summed E-state index contributed by atoms with van der Waals surface area (Å²) < 4.78 is 17.1. The average Bonchev–Trinajstić information content (AvgIpc) is 3.02. The third-order valence-corrected chi connectivity index (χ3v) is 6.83. The van der Waals surface area contributed by atoms with E-state index in [1.807, 2.05) is 13.8 Å². The summed E-state index contributed by atoms with van der Waals surface area (Å²) in [6.07, 6.45) is 1.02. The summed E-state index contributed by atoms with van der Waals surface area (Å²) in [5.41, 5.74) is -0.229. The maximum absolute atomic E-state index is 13.2. The Bertz CT molecular complexity index is 722. The number of fused-ring (bicyclic) bond motifs is 2. The van der Waals surface area contributed by atoms with Gasteiger partial charge in [-0.15, -0.1) is 0 Å². The van der Waals surface area contributed by atoms with E-state index in [0.29, 0.717) is 12.0 Å². The number of hydrogen-bond donors (Lipinski definition) is 0. The van der Waals surface area contributed by atoms with E-state index in [4.69, 9.17) is 14.2 Å². The van der Waals surface area contributed by atoms with Crippen LogP contribution in [0.15, 0.2) is 23.8 Å². The van der Waals surface area contributed by atoms with E-state index >= 15 is 0 Å². The summed E-state index contributed by atoms with van der Waals surface area (Å²) in [4.78, 5) is 38.0. The topological polar surface area (TPSA) is 78.9 Å². The number of ether oxygens (including phenoxy) is 3. The zero-order valence-corrected chi connectivity index (χ0v) is 16.6. The summed E-state index contributed by atoms with van der Waals surface area (Å²) in [7, 11) is 1.60. The first kappa shape index (κ1) is 19.8. The number of hydrogen-bond acceptors (Lipinski definition) is 6. The molecule has 0 bridgehead atoms. The number of ketones is 1. The van der Waals surface area contributed by atoms with Gasteiger partial charge in [0.2, 0.25) is 0 Å². The van der Waals surface area contributed by atoms with E-state index < -0.39 is 35.5 Å². The molecule has 0 aromatic heterocycles. The first-order chi connectivity index (χ1) is 12.7. The van der Waals surface area contributed by atoms with Gasteiger partial charge in [-0.2, -0.15) is 0 Å². The van der Waals surface area contributed by atoms with Crippen LogP contribution in [0.3, 0.4) is 0 Å². The Kier molecular flexibility index (Phi) is 5.06. The van der Waals surface area contributed by atoms with Crippen molar-refractivity contribution < 1.29 is 28.6 Å². The molecule has 0 aromatic rings. The predicted molar refractivity (Wildman–Crippen MR) is 97.6 cm³/mol.